The summed E-state index contributed by atoms with van der Waals surface area (Å²) in [5, 5.41) is 0. The van der Waals surface area contributed by atoms with Crippen molar-refractivity contribution in [2.24, 2.45) is 0 Å². The van der Waals surface area contributed by atoms with Crippen LogP contribution in [0, 0.1) is 13.8 Å². The summed E-state index contributed by atoms with van der Waals surface area (Å²) in [7, 11) is 0. The summed E-state index contributed by atoms with van der Waals surface area (Å²) >= 11 is 0. The largest absolute Gasteiger partial charge is 0.494 e. The number of imidazole rings is 1. The van der Waals surface area contributed by atoms with E-state index in [4.69, 9.17) is 9.72 Å². The van der Waals surface area contributed by atoms with Crippen molar-refractivity contribution in [2.75, 3.05) is 6.61 Å². The number of para-hydroxylation sites is 2. The van der Waals surface area contributed by atoms with Gasteiger partial charge in [-0.25, -0.2) is 4.98 Å². The fourth-order valence-corrected chi connectivity index (χ4v) is 3.62. The average molecular weight is 383 g/mol. The Kier molecular flexibility index (Phi) is 5.76. The first-order valence-corrected chi connectivity index (χ1v) is 10.1. The molecule has 0 N–H and O–H groups in total. The second-order valence-corrected chi connectivity index (χ2v) is 7.38. The van der Waals surface area contributed by atoms with Crippen LogP contribution >= 0.6 is 0 Å². The van der Waals surface area contributed by atoms with Crippen molar-refractivity contribution < 1.29 is 4.74 Å². The molecular formula is C26H26N2O. The Balaban J connectivity index is 1.49. The van der Waals surface area contributed by atoms with E-state index in [2.05, 4.69) is 79.1 Å². The number of nitrogens with zero attached hydrogens (tertiary/aromatic N) is 2. The Hall–Kier alpha value is -3.33. The van der Waals surface area contributed by atoms with Gasteiger partial charge in [0.15, 0.2) is 0 Å². The van der Waals surface area contributed by atoms with Gasteiger partial charge in [-0.15, -0.1) is 0 Å². The van der Waals surface area contributed by atoms with Crippen LogP contribution in [0.3, 0.4) is 0 Å². The third kappa shape index (κ3) is 4.75. The lowest BCUT2D eigenvalue weighted by molar-refractivity contribution is 0.302. The standard InChI is InChI=1S/C26H26N2O/c1-20-17-21(2)19-23(18-20)29-16-8-15-28-25-12-7-6-11-24(25)27-26(28)14-13-22-9-4-3-5-10-22/h3-7,9-14,17-19H,8,15-16H2,1-2H3/b14-13+. The van der Waals surface area contributed by atoms with Gasteiger partial charge >= 0.3 is 0 Å². The van der Waals surface area contributed by atoms with E-state index in [1.165, 1.54) is 16.7 Å². The molecule has 1 heterocycles. The number of benzene rings is 3. The minimum atomic E-state index is 0.678. The Morgan fingerprint density at radius 1 is 0.862 bits per heavy atom. The van der Waals surface area contributed by atoms with Crippen molar-refractivity contribution in [3.63, 3.8) is 0 Å². The highest BCUT2D eigenvalue weighted by atomic mass is 16.5. The molecule has 0 bridgehead atoms. The first kappa shape index (κ1) is 19.0. The highest BCUT2D eigenvalue weighted by Gasteiger charge is 2.08. The molecule has 0 unspecified atom stereocenters. The Labute approximate surface area is 172 Å². The first-order valence-electron chi connectivity index (χ1n) is 10.1. The fraction of sp³-hybridized carbons (Fsp3) is 0.192. The quantitative estimate of drug-likeness (QED) is 0.351. The number of aryl methyl sites for hydroxylation is 3. The molecule has 146 valence electrons. The van der Waals surface area contributed by atoms with Crippen molar-refractivity contribution in [1.82, 2.24) is 9.55 Å². The average Bonchev–Trinajstić information content (AvgIpc) is 3.07. The first-order chi connectivity index (χ1) is 14.2. The van der Waals surface area contributed by atoms with Crippen LogP contribution in [0.2, 0.25) is 0 Å². The zero-order valence-corrected chi connectivity index (χ0v) is 17.0. The second-order valence-electron chi connectivity index (χ2n) is 7.38. The summed E-state index contributed by atoms with van der Waals surface area (Å²) in [4.78, 5) is 4.82. The molecule has 0 spiro atoms. The van der Waals surface area contributed by atoms with E-state index < -0.39 is 0 Å². The van der Waals surface area contributed by atoms with Crippen molar-refractivity contribution in [3.05, 3.63) is 95.3 Å². The third-order valence-electron chi connectivity index (χ3n) is 4.90. The summed E-state index contributed by atoms with van der Waals surface area (Å²) in [5.74, 6) is 1.92. The van der Waals surface area contributed by atoms with Crippen LogP contribution in [0.25, 0.3) is 23.2 Å². The van der Waals surface area contributed by atoms with Gasteiger partial charge in [0.2, 0.25) is 0 Å². The van der Waals surface area contributed by atoms with Crippen LogP contribution in [0.5, 0.6) is 5.75 Å². The van der Waals surface area contributed by atoms with E-state index in [1.807, 2.05) is 24.3 Å². The molecule has 0 fully saturated rings. The van der Waals surface area contributed by atoms with Crippen molar-refractivity contribution >= 4 is 23.2 Å². The molecule has 29 heavy (non-hydrogen) atoms. The molecule has 0 aliphatic carbocycles. The lowest BCUT2D eigenvalue weighted by Crippen LogP contribution is -2.06. The second kappa shape index (κ2) is 8.78. The molecule has 0 radical (unpaired) electrons. The molecule has 1 aromatic heterocycles. The normalized spacial score (nSPS) is 11.4. The lowest BCUT2D eigenvalue weighted by atomic mass is 10.1. The maximum Gasteiger partial charge on any atom is 0.133 e. The maximum absolute atomic E-state index is 6.00. The van der Waals surface area contributed by atoms with E-state index in [9.17, 15) is 0 Å². The molecule has 4 aromatic rings. The third-order valence-corrected chi connectivity index (χ3v) is 4.90. The van der Waals surface area contributed by atoms with Gasteiger partial charge in [-0.1, -0.05) is 54.6 Å². The predicted molar refractivity (Wildman–Crippen MR) is 121 cm³/mol. The number of hydrogen-bond acceptors (Lipinski definition) is 2. The number of hydrogen-bond donors (Lipinski definition) is 0. The Bertz CT molecular complexity index is 1110. The van der Waals surface area contributed by atoms with Gasteiger partial charge in [0.25, 0.3) is 0 Å². The van der Waals surface area contributed by atoms with Crippen LogP contribution in [-0.4, -0.2) is 16.2 Å². The molecule has 3 aromatic carbocycles. The fourth-order valence-electron chi connectivity index (χ4n) is 3.62. The van der Waals surface area contributed by atoms with Gasteiger partial charge in [0.05, 0.1) is 17.6 Å². The Morgan fingerprint density at radius 3 is 2.38 bits per heavy atom. The number of fused-ring (bicyclic) bond motifs is 1. The summed E-state index contributed by atoms with van der Waals surface area (Å²) in [6, 6.07) is 25.0. The molecule has 0 atom stereocenters. The molecule has 0 amide bonds. The van der Waals surface area contributed by atoms with Crippen LogP contribution < -0.4 is 4.74 Å². The highest BCUT2D eigenvalue weighted by Crippen LogP contribution is 2.20. The van der Waals surface area contributed by atoms with E-state index in [0.717, 1.165) is 35.6 Å². The summed E-state index contributed by atoms with van der Waals surface area (Å²) in [6.07, 6.45) is 5.13. The molecule has 0 aliphatic rings. The van der Waals surface area contributed by atoms with Gasteiger partial charge in [-0.2, -0.15) is 0 Å². The van der Waals surface area contributed by atoms with Crippen LogP contribution in [0.4, 0.5) is 0 Å². The molecule has 0 aliphatic heterocycles. The smallest absolute Gasteiger partial charge is 0.133 e. The number of rotatable bonds is 7. The van der Waals surface area contributed by atoms with Crippen molar-refractivity contribution in [3.8, 4) is 5.75 Å². The van der Waals surface area contributed by atoms with E-state index in [1.54, 1.807) is 0 Å². The minimum absolute atomic E-state index is 0.678. The van der Waals surface area contributed by atoms with Crippen LogP contribution in [-0.2, 0) is 6.54 Å². The van der Waals surface area contributed by atoms with Crippen molar-refractivity contribution in [1.29, 1.82) is 0 Å². The minimum Gasteiger partial charge on any atom is -0.494 e. The highest BCUT2D eigenvalue weighted by molar-refractivity contribution is 5.79. The lowest BCUT2D eigenvalue weighted by Gasteiger charge is -2.10. The Morgan fingerprint density at radius 2 is 1.59 bits per heavy atom. The zero-order chi connectivity index (χ0) is 20.1. The molecule has 3 nitrogen and oxygen atoms in total. The monoisotopic (exact) mass is 382 g/mol. The van der Waals surface area contributed by atoms with Gasteiger partial charge in [-0.05, 0) is 67.3 Å². The number of aromatic nitrogens is 2. The summed E-state index contributed by atoms with van der Waals surface area (Å²) in [6.45, 7) is 5.74. The van der Waals surface area contributed by atoms with Crippen LogP contribution in [0.1, 0.15) is 28.9 Å². The van der Waals surface area contributed by atoms with Gasteiger partial charge in [0, 0.05) is 6.54 Å². The van der Waals surface area contributed by atoms with Gasteiger partial charge in [0.1, 0.15) is 11.6 Å². The zero-order valence-electron chi connectivity index (χ0n) is 17.0. The molecule has 0 saturated carbocycles. The molecule has 3 heteroatoms. The van der Waals surface area contributed by atoms with E-state index >= 15 is 0 Å². The molecule has 0 saturated heterocycles. The SMILES string of the molecule is Cc1cc(C)cc(OCCCn2c(/C=C/c3ccccc3)nc3ccccc32)c1. The van der Waals surface area contributed by atoms with Crippen molar-refractivity contribution in [2.45, 2.75) is 26.8 Å². The van der Waals surface area contributed by atoms with E-state index in [-0.39, 0.29) is 0 Å². The molecular weight excluding hydrogens is 356 g/mol. The topological polar surface area (TPSA) is 27.1 Å². The van der Waals surface area contributed by atoms with Crippen LogP contribution in [0.15, 0.2) is 72.8 Å². The molecule has 4 rings (SSSR count). The maximum atomic E-state index is 6.00. The number of ether oxygens (including phenoxy) is 1. The summed E-state index contributed by atoms with van der Waals surface area (Å²) in [5.41, 5.74) is 5.81. The summed E-state index contributed by atoms with van der Waals surface area (Å²) < 4.78 is 8.27. The predicted octanol–water partition coefficient (Wildman–Crippen LogP) is 6.29. The van der Waals surface area contributed by atoms with Gasteiger partial charge in [-0.3, -0.25) is 0 Å². The van der Waals surface area contributed by atoms with Gasteiger partial charge < -0.3 is 9.30 Å². The van der Waals surface area contributed by atoms with E-state index in [0.29, 0.717) is 6.61 Å².